The average molecular weight is 321 g/mol. The van der Waals surface area contributed by atoms with Crippen molar-refractivity contribution >= 4 is 23.3 Å². The molecule has 0 radical (unpaired) electrons. The first kappa shape index (κ1) is 16.2. The molecular weight excluding hydrogens is 304 g/mol. The van der Waals surface area contributed by atoms with Gasteiger partial charge in [-0.3, -0.25) is 4.79 Å². The summed E-state index contributed by atoms with van der Waals surface area (Å²) in [5, 5.41) is 14.4. The van der Waals surface area contributed by atoms with Crippen LogP contribution in [0.2, 0.25) is 5.02 Å². The van der Waals surface area contributed by atoms with Gasteiger partial charge in [0, 0.05) is 25.2 Å². The molecule has 2 N–H and O–H groups in total. The van der Waals surface area contributed by atoms with Crippen LogP contribution < -0.4 is 10.6 Å². The average Bonchev–Trinajstić information content (AvgIpc) is 2.55. The molecule has 2 rings (SSSR count). The highest BCUT2D eigenvalue weighted by Gasteiger charge is 2.07. The molecule has 1 aromatic carbocycles. The number of nitrogens with zero attached hydrogens (tertiary/aromatic N) is 2. The van der Waals surface area contributed by atoms with Gasteiger partial charge in [0.25, 0.3) is 5.91 Å². The standard InChI is InChI=1S/C15H17ClN4O2/c1-22-9-8-17-15(21)13-6-7-14(20-19-13)18-10-11-4-2-3-5-12(11)16/h2-7H,8-10H2,1H3,(H,17,21)(H,18,20). The number of aromatic nitrogens is 2. The van der Waals surface area contributed by atoms with E-state index in [9.17, 15) is 4.79 Å². The molecule has 22 heavy (non-hydrogen) atoms. The van der Waals surface area contributed by atoms with Gasteiger partial charge in [-0.05, 0) is 23.8 Å². The summed E-state index contributed by atoms with van der Waals surface area (Å²) in [6, 6.07) is 10.9. The highest BCUT2D eigenvalue weighted by molar-refractivity contribution is 6.31. The first-order valence-electron chi connectivity index (χ1n) is 6.79. The van der Waals surface area contributed by atoms with Gasteiger partial charge < -0.3 is 15.4 Å². The molecule has 1 aromatic heterocycles. The third kappa shape index (κ3) is 4.68. The number of amides is 1. The number of carbonyl (C=O) groups is 1. The molecule has 0 aliphatic carbocycles. The Morgan fingerprint density at radius 2 is 2.05 bits per heavy atom. The van der Waals surface area contributed by atoms with E-state index < -0.39 is 0 Å². The van der Waals surface area contributed by atoms with Crippen molar-refractivity contribution in [3.05, 3.63) is 52.7 Å². The summed E-state index contributed by atoms with van der Waals surface area (Å²) in [5.41, 5.74) is 1.23. The van der Waals surface area contributed by atoms with Crippen LogP contribution in [0.5, 0.6) is 0 Å². The molecular formula is C15H17ClN4O2. The minimum Gasteiger partial charge on any atom is -0.383 e. The second-order valence-electron chi connectivity index (χ2n) is 4.50. The van der Waals surface area contributed by atoms with E-state index in [4.69, 9.17) is 16.3 Å². The third-order valence-electron chi connectivity index (χ3n) is 2.91. The molecule has 0 atom stereocenters. The predicted octanol–water partition coefficient (Wildman–Crippen LogP) is 2.12. The molecule has 0 saturated carbocycles. The number of anilines is 1. The predicted molar refractivity (Wildman–Crippen MR) is 85.0 cm³/mol. The topological polar surface area (TPSA) is 76.1 Å². The Balaban J connectivity index is 1.89. The van der Waals surface area contributed by atoms with Crippen LogP contribution in [-0.4, -0.2) is 36.4 Å². The Bertz CT molecular complexity index is 619. The molecule has 0 unspecified atom stereocenters. The number of rotatable bonds is 7. The fraction of sp³-hybridized carbons (Fsp3) is 0.267. The number of ether oxygens (including phenoxy) is 1. The highest BCUT2D eigenvalue weighted by Crippen LogP contribution is 2.16. The molecule has 1 heterocycles. The Hall–Kier alpha value is -2.18. The highest BCUT2D eigenvalue weighted by atomic mass is 35.5. The maximum atomic E-state index is 11.7. The van der Waals surface area contributed by atoms with Gasteiger partial charge >= 0.3 is 0 Å². The summed E-state index contributed by atoms with van der Waals surface area (Å²) in [5.74, 6) is 0.301. The molecule has 2 aromatic rings. The van der Waals surface area contributed by atoms with E-state index in [1.54, 1.807) is 19.2 Å². The van der Waals surface area contributed by atoms with Crippen molar-refractivity contribution in [2.75, 3.05) is 25.6 Å². The lowest BCUT2D eigenvalue weighted by Gasteiger charge is -2.07. The van der Waals surface area contributed by atoms with Gasteiger partial charge in [0.2, 0.25) is 0 Å². The Labute approximate surface area is 133 Å². The number of nitrogens with one attached hydrogen (secondary N) is 2. The fourth-order valence-electron chi connectivity index (χ4n) is 1.73. The zero-order valence-corrected chi connectivity index (χ0v) is 12.9. The summed E-state index contributed by atoms with van der Waals surface area (Å²) in [6.45, 7) is 1.42. The Morgan fingerprint density at radius 3 is 2.73 bits per heavy atom. The van der Waals surface area contributed by atoms with Gasteiger partial charge in [-0.25, -0.2) is 0 Å². The molecule has 7 heteroatoms. The molecule has 0 bridgehead atoms. The first-order chi connectivity index (χ1) is 10.7. The number of hydrogen-bond donors (Lipinski definition) is 2. The number of hydrogen-bond acceptors (Lipinski definition) is 5. The van der Waals surface area contributed by atoms with Gasteiger partial charge in [0.15, 0.2) is 5.69 Å². The lowest BCUT2D eigenvalue weighted by atomic mass is 10.2. The number of carbonyl (C=O) groups excluding carboxylic acids is 1. The van der Waals surface area contributed by atoms with Crippen molar-refractivity contribution in [1.82, 2.24) is 15.5 Å². The van der Waals surface area contributed by atoms with Crippen molar-refractivity contribution in [3.8, 4) is 0 Å². The monoisotopic (exact) mass is 320 g/mol. The number of benzene rings is 1. The summed E-state index contributed by atoms with van der Waals surface area (Å²) in [6.07, 6.45) is 0. The van der Waals surface area contributed by atoms with Crippen molar-refractivity contribution in [1.29, 1.82) is 0 Å². The van der Waals surface area contributed by atoms with E-state index in [2.05, 4.69) is 20.8 Å². The van der Waals surface area contributed by atoms with Gasteiger partial charge in [0.05, 0.1) is 6.61 Å². The van der Waals surface area contributed by atoms with E-state index in [0.717, 1.165) is 5.56 Å². The lowest BCUT2D eigenvalue weighted by molar-refractivity contribution is 0.0931. The molecule has 0 spiro atoms. The van der Waals surface area contributed by atoms with E-state index >= 15 is 0 Å². The first-order valence-corrected chi connectivity index (χ1v) is 7.16. The van der Waals surface area contributed by atoms with Gasteiger partial charge in [-0.1, -0.05) is 29.8 Å². The summed E-state index contributed by atoms with van der Waals surface area (Å²) >= 11 is 6.08. The van der Waals surface area contributed by atoms with E-state index in [-0.39, 0.29) is 11.6 Å². The summed E-state index contributed by atoms with van der Waals surface area (Å²) in [4.78, 5) is 11.7. The smallest absolute Gasteiger partial charge is 0.271 e. The second kappa shape index (κ2) is 8.31. The minimum atomic E-state index is -0.276. The molecule has 0 fully saturated rings. The van der Waals surface area contributed by atoms with Crippen molar-refractivity contribution in [2.45, 2.75) is 6.54 Å². The fourth-order valence-corrected chi connectivity index (χ4v) is 1.93. The molecule has 116 valence electrons. The minimum absolute atomic E-state index is 0.263. The van der Waals surface area contributed by atoms with Crippen LogP contribution in [-0.2, 0) is 11.3 Å². The van der Waals surface area contributed by atoms with Gasteiger partial charge in [-0.2, -0.15) is 0 Å². The van der Waals surface area contributed by atoms with Crippen molar-refractivity contribution in [2.24, 2.45) is 0 Å². The van der Waals surface area contributed by atoms with Gasteiger partial charge in [0.1, 0.15) is 5.82 Å². The summed E-state index contributed by atoms with van der Waals surface area (Å²) in [7, 11) is 1.57. The number of methoxy groups -OCH3 is 1. The van der Waals surface area contributed by atoms with Crippen LogP contribution in [0.3, 0.4) is 0 Å². The SMILES string of the molecule is COCCNC(=O)c1ccc(NCc2ccccc2Cl)nn1. The maximum absolute atomic E-state index is 11.7. The third-order valence-corrected chi connectivity index (χ3v) is 3.28. The van der Waals surface area contributed by atoms with Gasteiger partial charge in [-0.15, -0.1) is 10.2 Å². The Kier molecular flexibility index (Phi) is 6.12. The van der Waals surface area contributed by atoms with Crippen molar-refractivity contribution in [3.63, 3.8) is 0 Å². The molecule has 0 aliphatic rings. The molecule has 6 nitrogen and oxygen atoms in total. The zero-order valence-electron chi connectivity index (χ0n) is 12.2. The maximum Gasteiger partial charge on any atom is 0.271 e. The number of halogens is 1. The van der Waals surface area contributed by atoms with E-state index in [0.29, 0.717) is 30.5 Å². The van der Waals surface area contributed by atoms with Crippen LogP contribution in [0.15, 0.2) is 36.4 Å². The Morgan fingerprint density at radius 1 is 1.23 bits per heavy atom. The molecule has 0 saturated heterocycles. The summed E-state index contributed by atoms with van der Waals surface area (Å²) < 4.78 is 4.86. The quantitative estimate of drug-likeness (QED) is 0.764. The largest absolute Gasteiger partial charge is 0.383 e. The zero-order chi connectivity index (χ0) is 15.8. The normalized spacial score (nSPS) is 10.3. The lowest BCUT2D eigenvalue weighted by Crippen LogP contribution is -2.27. The second-order valence-corrected chi connectivity index (χ2v) is 4.90. The van der Waals surface area contributed by atoms with Crippen LogP contribution in [0, 0.1) is 0 Å². The molecule has 1 amide bonds. The van der Waals surface area contributed by atoms with Crippen LogP contribution >= 0.6 is 11.6 Å². The van der Waals surface area contributed by atoms with Crippen LogP contribution in [0.4, 0.5) is 5.82 Å². The van der Waals surface area contributed by atoms with Crippen LogP contribution in [0.25, 0.3) is 0 Å². The van der Waals surface area contributed by atoms with E-state index in [1.807, 2.05) is 24.3 Å². The van der Waals surface area contributed by atoms with Crippen LogP contribution in [0.1, 0.15) is 16.1 Å². The van der Waals surface area contributed by atoms with Crippen molar-refractivity contribution < 1.29 is 9.53 Å². The molecule has 0 aliphatic heterocycles. The van der Waals surface area contributed by atoms with E-state index in [1.165, 1.54) is 0 Å².